The number of aromatic nitrogens is 3. The highest BCUT2D eigenvalue weighted by atomic mass is 79.9. The summed E-state index contributed by atoms with van der Waals surface area (Å²) >= 11 is 7.01. The molecule has 0 bridgehead atoms. The first-order chi connectivity index (χ1) is 9.11. The molecule has 1 aromatic carbocycles. The van der Waals surface area contributed by atoms with Gasteiger partial charge in [-0.15, -0.1) is 0 Å². The lowest BCUT2D eigenvalue weighted by Gasteiger charge is -2.14. The van der Waals surface area contributed by atoms with Crippen molar-refractivity contribution in [1.29, 1.82) is 0 Å². The van der Waals surface area contributed by atoms with Crippen LogP contribution < -0.4 is 5.73 Å². The minimum absolute atomic E-state index is 0.105. The van der Waals surface area contributed by atoms with E-state index in [1.54, 1.807) is 6.33 Å². The maximum Gasteiger partial charge on any atom is 0.138 e. The van der Waals surface area contributed by atoms with Crippen LogP contribution >= 0.6 is 31.9 Å². The van der Waals surface area contributed by atoms with Gasteiger partial charge in [0.05, 0.1) is 0 Å². The third kappa shape index (κ3) is 3.64. The Morgan fingerprint density at radius 1 is 1.37 bits per heavy atom. The molecule has 6 heteroatoms. The van der Waals surface area contributed by atoms with Crippen molar-refractivity contribution in [2.75, 3.05) is 0 Å². The van der Waals surface area contributed by atoms with E-state index in [1.807, 2.05) is 22.9 Å². The van der Waals surface area contributed by atoms with Gasteiger partial charge >= 0.3 is 0 Å². The van der Waals surface area contributed by atoms with E-state index in [-0.39, 0.29) is 6.04 Å². The molecule has 0 aliphatic heterocycles. The Hall–Kier alpha value is -0.720. The van der Waals surface area contributed by atoms with Crippen molar-refractivity contribution in [3.8, 4) is 0 Å². The lowest BCUT2D eigenvalue weighted by molar-refractivity contribution is 0.547. The Morgan fingerprint density at radius 3 is 2.89 bits per heavy atom. The first-order valence-electron chi connectivity index (χ1n) is 6.19. The quantitative estimate of drug-likeness (QED) is 0.854. The molecule has 4 nitrogen and oxygen atoms in total. The fourth-order valence-electron chi connectivity index (χ4n) is 1.95. The van der Waals surface area contributed by atoms with Crippen LogP contribution in [0.1, 0.15) is 30.8 Å². The van der Waals surface area contributed by atoms with E-state index >= 15 is 0 Å². The molecule has 0 amide bonds. The normalized spacial score (nSPS) is 12.6. The van der Waals surface area contributed by atoms with Crippen molar-refractivity contribution in [3.05, 3.63) is 44.9 Å². The third-order valence-electron chi connectivity index (χ3n) is 2.89. The summed E-state index contributed by atoms with van der Waals surface area (Å²) in [5.74, 6) is 0.932. The van der Waals surface area contributed by atoms with Gasteiger partial charge in [-0.2, -0.15) is 5.10 Å². The Kier molecular flexibility index (Phi) is 5.13. The summed E-state index contributed by atoms with van der Waals surface area (Å²) in [6.45, 7) is 3.00. The van der Waals surface area contributed by atoms with Crippen molar-refractivity contribution in [2.24, 2.45) is 5.73 Å². The van der Waals surface area contributed by atoms with E-state index in [0.717, 1.165) is 33.3 Å². The topological polar surface area (TPSA) is 56.7 Å². The van der Waals surface area contributed by atoms with Crippen molar-refractivity contribution in [2.45, 2.75) is 32.4 Å². The second kappa shape index (κ2) is 6.63. The summed E-state index contributed by atoms with van der Waals surface area (Å²) in [6, 6.07) is 5.91. The second-order valence-electron chi connectivity index (χ2n) is 4.38. The van der Waals surface area contributed by atoms with E-state index in [4.69, 9.17) is 5.73 Å². The molecule has 1 unspecified atom stereocenters. The van der Waals surface area contributed by atoms with Gasteiger partial charge in [-0.25, -0.2) is 4.98 Å². The van der Waals surface area contributed by atoms with E-state index in [9.17, 15) is 0 Å². The molecule has 0 radical (unpaired) electrons. The summed E-state index contributed by atoms with van der Waals surface area (Å²) in [4.78, 5) is 4.30. The van der Waals surface area contributed by atoms with Crippen LogP contribution in [-0.2, 0) is 13.0 Å². The van der Waals surface area contributed by atoms with Crippen LogP contribution in [0.5, 0.6) is 0 Å². The first kappa shape index (κ1) is 14.7. The lowest BCUT2D eigenvalue weighted by Crippen LogP contribution is -2.17. The highest BCUT2D eigenvalue weighted by Gasteiger charge is 2.14. The highest BCUT2D eigenvalue weighted by Crippen LogP contribution is 2.27. The minimum Gasteiger partial charge on any atom is -0.324 e. The average Bonchev–Trinajstić information content (AvgIpc) is 2.80. The predicted octanol–water partition coefficient (Wildman–Crippen LogP) is 3.46. The molecular formula is C13H16Br2N4. The van der Waals surface area contributed by atoms with Crippen LogP contribution in [0.4, 0.5) is 0 Å². The lowest BCUT2D eigenvalue weighted by atomic mass is 10.0. The van der Waals surface area contributed by atoms with E-state index in [2.05, 4.69) is 48.9 Å². The van der Waals surface area contributed by atoms with Gasteiger partial charge in [-0.1, -0.05) is 38.8 Å². The molecule has 1 heterocycles. The van der Waals surface area contributed by atoms with Gasteiger partial charge in [0.2, 0.25) is 0 Å². The van der Waals surface area contributed by atoms with Gasteiger partial charge in [-0.3, -0.25) is 4.68 Å². The minimum atomic E-state index is -0.105. The molecule has 0 saturated heterocycles. The van der Waals surface area contributed by atoms with Gasteiger partial charge in [0.1, 0.15) is 12.2 Å². The van der Waals surface area contributed by atoms with Gasteiger partial charge in [0.25, 0.3) is 0 Å². The number of benzene rings is 1. The monoisotopic (exact) mass is 386 g/mol. The summed E-state index contributed by atoms with van der Waals surface area (Å²) in [6.07, 6.45) is 3.30. The molecule has 0 fully saturated rings. The molecular weight excluding hydrogens is 372 g/mol. The van der Waals surface area contributed by atoms with Gasteiger partial charge < -0.3 is 5.73 Å². The fourth-order valence-corrected chi connectivity index (χ4v) is 2.87. The van der Waals surface area contributed by atoms with Gasteiger partial charge in [0, 0.05) is 28.0 Å². The van der Waals surface area contributed by atoms with Gasteiger partial charge in [-0.05, 0) is 30.2 Å². The Bertz CT molecular complexity index is 553. The molecule has 0 saturated carbocycles. The van der Waals surface area contributed by atoms with Crippen LogP contribution in [0, 0.1) is 0 Å². The van der Waals surface area contributed by atoms with E-state index in [1.165, 1.54) is 0 Å². The molecule has 1 aromatic heterocycles. The molecule has 0 aliphatic carbocycles. The van der Waals surface area contributed by atoms with Crippen molar-refractivity contribution < 1.29 is 0 Å². The smallest absolute Gasteiger partial charge is 0.138 e. The number of nitrogens with two attached hydrogens (primary N) is 1. The predicted molar refractivity (Wildman–Crippen MR) is 82.8 cm³/mol. The summed E-state index contributed by atoms with van der Waals surface area (Å²) < 4.78 is 3.96. The van der Waals surface area contributed by atoms with Crippen LogP contribution in [0.2, 0.25) is 0 Å². The number of hydrogen-bond donors (Lipinski definition) is 1. The Balaban J connectivity index is 2.18. The number of rotatable bonds is 5. The zero-order chi connectivity index (χ0) is 13.8. The van der Waals surface area contributed by atoms with E-state index in [0.29, 0.717) is 6.42 Å². The van der Waals surface area contributed by atoms with Crippen molar-refractivity contribution in [3.63, 3.8) is 0 Å². The maximum absolute atomic E-state index is 6.29. The summed E-state index contributed by atoms with van der Waals surface area (Å²) in [5, 5.41) is 4.22. The standard InChI is InChI=1S/C13H16Br2N4/c1-2-5-19-13(17-8-18-19)7-12(16)10-6-9(14)3-4-11(10)15/h3-4,6,8,12H,2,5,7,16H2,1H3. The fraction of sp³-hybridized carbons (Fsp3) is 0.385. The SMILES string of the molecule is CCCn1ncnc1CC(N)c1cc(Br)ccc1Br. The molecule has 1 atom stereocenters. The summed E-state index contributed by atoms with van der Waals surface area (Å²) in [5.41, 5.74) is 7.36. The average molecular weight is 388 g/mol. The first-order valence-corrected chi connectivity index (χ1v) is 7.77. The molecule has 102 valence electrons. The van der Waals surface area contributed by atoms with Gasteiger partial charge in [0.15, 0.2) is 0 Å². The number of aryl methyl sites for hydroxylation is 1. The number of halogens is 2. The molecule has 19 heavy (non-hydrogen) atoms. The van der Waals surface area contributed by atoms with Crippen LogP contribution in [0.25, 0.3) is 0 Å². The maximum atomic E-state index is 6.29. The highest BCUT2D eigenvalue weighted by molar-refractivity contribution is 9.11. The van der Waals surface area contributed by atoms with Crippen LogP contribution in [-0.4, -0.2) is 14.8 Å². The zero-order valence-electron chi connectivity index (χ0n) is 10.7. The number of nitrogens with zero attached hydrogens (tertiary/aromatic N) is 3. The molecule has 0 spiro atoms. The number of hydrogen-bond acceptors (Lipinski definition) is 3. The Labute approximate surface area is 129 Å². The second-order valence-corrected chi connectivity index (χ2v) is 6.15. The molecule has 2 rings (SSSR count). The van der Waals surface area contributed by atoms with Crippen molar-refractivity contribution >= 4 is 31.9 Å². The van der Waals surface area contributed by atoms with Crippen molar-refractivity contribution in [1.82, 2.24) is 14.8 Å². The van der Waals surface area contributed by atoms with Crippen LogP contribution in [0.3, 0.4) is 0 Å². The third-order valence-corrected chi connectivity index (χ3v) is 4.11. The molecule has 0 aliphatic rings. The molecule has 2 aromatic rings. The largest absolute Gasteiger partial charge is 0.324 e. The van der Waals surface area contributed by atoms with E-state index < -0.39 is 0 Å². The Morgan fingerprint density at radius 2 is 2.16 bits per heavy atom. The zero-order valence-corrected chi connectivity index (χ0v) is 13.9. The molecule has 2 N–H and O–H groups in total. The van der Waals surface area contributed by atoms with Crippen LogP contribution in [0.15, 0.2) is 33.5 Å². The summed E-state index contributed by atoms with van der Waals surface area (Å²) in [7, 11) is 0.